The lowest BCUT2D eigenvalue weighted by molar-refractivity contribution is -0.385. The first-order valence-electron chi connectivity index (χ1n) is 7.06. The molecule has 1 aliphatic heterocycles. The van der Waals surface area contributed by atoms with Crippen LogP contribution in [-0.2, 0) is 0 Å². The molecule has 0 unspecified atom stereocenters. The van der Waals surface area contributed by atoms with Crippen LogP contribution in [0.3, 0.4) is 0 Å². The Balaban J connectivity index is 2.18. The number of piperidine rings is 1. The van der Waals surface area contributed by atoms with Gasteiger partial charge in [0.25, 0.3) is 0 Å². The van der Waals surface area contributed by atoms with Crippen molar-refractivity contribution >= 4 is 17.5 Å². The molecule has 8 heteroatoms. The molecule has 1 saturated heterocycles. The molecule has 0 bridgehead atoms. The number of aromatic nitrogens is 2. The summed E-state index contributed by atoms with van der Waals surface area (Å²) in [4.78, 5) is 22.9. The minimum atomic E-state index is -0.435. The number of likely N-dealkylation sites (tertiary alicyclic amines) is 1. The summed E-state index contributed by atoms with van der Waals surface area (Å²) < 4.78 is 0. The summed E-state index contributed by atoms with van der Waals surface area (Å²) in [5.41, 5.74) is 5.89. The second-order valence-electron chi connectivity index (χ2n) is 5.72. The van der Waals surface area contributed by atoms with E-state index in [0.717, 1.165) is 32.5 Å². The Bertz CT molecular complexity index is 528. The van der Waals surface area contributed by atoms with E-state index in [0.29, 0.717) is 17.4 Å². The monoisotopic (exact) mass is 294 g/mol. The van der Waals surface area contributed by atoms with Crippen molar-refractivity contribution in [3.63, 3.8) is 0 Å². The zero-order chi connectivity index (χ0) is 15.6. The van der Waals surface area contributed by atoms with Crippen LogP contribution in [-0.4, -0.2) is 53.5 Å². The van der Waals surface area contributed by atoms with E-state index in [1.165, 1.54) is 0 Å². The molecule has 2 N–H and O–H groups in total. The van der Waals surface area contributed by atoms with Crippen LogP contribution < -0.4 is 10.6 Å². The first-order valence-corrected chi connectivity index (χ1v) is 7.06. The number of nitrogens with two attached hydrogens (primary N) is 1. The van der Waals surface area contributed by atoms with Crippen molar-refractivity contribution in [3.05, 3.63) is 15.8 Å². The first-order chi connectivity index (χ1) is 9.88. The largest absolute Gasteiger partial charge is 0.368 e. The number of nitro groups is 1. The predicted molar refractivity (Wildman–Crippen MR) is 81.3 cm³/mol. The van der Waals surface area contributed by atoms with Gasteiger partial charge in [0.2, 0.25) is 11.8 Å². The number of nitrogens with zero attached hydrogens (tertiary/aromatic N) is 5. The number of aryl methyl sites for hydroxylation is 1. The van der Waals surface area contributed by atoms with Gasteiger partial charge in [-0.05, 0) is 45.8 Å². The van der Waals surface area contributed by atoms with Gasteiger partial charge in [-0.15, -0.1) is 0 Å². The van der Waals surface area contributed by atoms with E-state index in [1.54, 1.807) is 6.92 Å². The third-order valence-corrected chi connectivity index (χ3v) is 3.97. The second-order valence-corrected chi connectivity index (χ2v) is 5.72. The average Bonchev–Trinajstić information content (AvgIpc) is 2.39. The van der Waals surface area contributed by atoms with E-state index in [1.807, 2.05) is 11.9 Å². The van der Waals surface area contributed by atoms with Gasteiger partial charge in [0.1, 0.15) is 5.69 Å². The number of hydrogen-bond donors (Lipinski definition) is 1. The number of anilines is 2. The molecule has 1 aromatic heterocycles. The Hall–Kier alpha value is -1.96. The maximum Gasteiger partial charge on any atom is 0.332 e. The maximum atomic E-state index is 11.2. The van der Waals surface area contributed by atoms with Crippen LogP contribution in [0.4, 0.5) is 17.5 Å². The Morgan fingerprint density at radius 3 is 2.62 bits per heavy atom. The molecule has 1 fully saturated rings. The molecule has 21 heavy (non-hydrogen) atoms. The normalized spacial score (nSPS) is 16.9. The summed E-state index contributed by atoms with van der Waals surface area (Å²) in [5.74, 6) is 0.898. The minimum absolute atomic E-state index is 0.0559. The fourth-order valence-corrected chi connectivity index (χ4v) is 2.77. The van der Waals surface area contributed by atoms with Crippen molar-refractivity contribution in [2.24, 2.45) is 5.92 Å². The van der Waals surface area contributed by atoms with E-state index < -0.39 is 4.92 Å². The number of nitrogen functional groups attached to an aromatic ring is 1. The molecule has 0 spiro atoms. The minimum Gasteiger partial charge on any atom is -0.368 e. The topological polar surface area (TPSA) is 101 Å². The van der Waals surface area contributed by atoms with Crippen LogP contribution in [0.2, 0.25) is 0 Å². The molecule has 0 radical (unpaired) electrons. The van der Waals surface area contributed by atoms with Gasteiger partial charge in [0, 0.05) is 13.6 Å². The van der Waals surface area contributed by atoms with Gasteiger partial charge >= 0.3 is 5.69 Å². The van der Waals surface area contributed by atoms with Crippen LogP contribution in [0, 0.1) is 23.0 Å². The molecular formula is C13H22N6O2. The molecule has 1 aromatic rings. The summed E-state index contributed by atoms with van der Waals surface area (Å²) in [6.07, 6.45) is 2.18. The summed E-state index contributed by atoms with van der Waals surface area (Å²) in [6, 6.07) is 0. The predicted octanol–water partition coefficient (Wildman–Crippen LogP) is 1.05. The Morgan fingerprint density at radius 2 is 2.05 bits per heavy atom. The van der Waals surface area contributed by atoms with E-state index in [-0.39, 0.29) is 11.6 Å². The highest BCUT2D eigenvalue weighted by Gasteiger charge is 2.26. The second kappa shape index (κ2) is 6.21. The van der Waals surface area contributed by atoms with Gasteiger partial charge in [0.15, 0.2) is 0 Å². The Morgan fingerprint density at radius 1 is 1.43 bits per heavy atom. The highest BCUT2D eigenvalue weighted by Crippen LogP contribution is 2.30. The standard InChI is InChI=1S/C13H22N6O2/c1-9-11(19(20)21)12(16-13(14)15-9)18(3)8-10-4-6-17(2)7-5-10/h10H,4-8H2,1-3H3,(H2,14,15,16). The molecule has 1 aliphatic rings. The summed E-state index contributed by atoms with van der Waals surface area (Å²) in [7, 11) is 3.94. The SMILES string of the molecule is Cc1nc(N)nc(N(C)CC2CCN(C)CC2)c1[N+](=O)[O-]. The lowest BCUT2D eigenvalue weighted by Crippen LogP contribution is -2.36. The summed E-state index contributed by atoms with van der Waals surface area (Å²) >= 11 is 0. The molecule has 116 valence electrons. The van der Waals surface area contributed by atoms with E-state index >= 15 is 0 Å². The molecule has 2 rings (SSSR count). The molecule has 0 amide bonds. The van der Waals surface area contributed by atoms with Crippen molar-refractivity contribution in [1.29, 1.82) is 0 Å². The van der Waals surface area contributed by atoms with Gasteiger partial charge in [-0.3, -0.25) is 10.1 Å². The van der Waals surface area contributed by atoms with Gasteiger partial charge in [0.05, 0.1) is 4.92 Å². The molecule has 8 nitrogen and oxygen atoms in total. The van der Waals surface area contributed by atoms with Gasteiger partial charge in [-0.25, -0.2) is 4.98 Å². The van der Waals surface area contributed by atoms with Crippen LogP contribution in [0.1, 0.15) is 18.5 Å². The lowest BCUT2D eigenvalue weighted by Gasteiger charge is -2.31. The van der Waals surface area contributed by atoms with Crippen molar-refractivity contribution in [1.82, 2.24) is 14.9 Å². The fraction of sp³-hybridized carbons (Fsp3) is 0.692. The van der Waals surface area contributed by atoms with E-state index in [9.17, 15) is 10.1 Å². The Kier molecular flexibility index (Phi) is 4.56. The van der Waals surface area contributed by atoms with Crippen molar-refractivity contribution in [3.8, 4) is 0 Å². The third-order valence-electron chi connectivity index (χ3n) is 3.97. The van der Waals surface area contributed by atoms with E-state index in [2.05, 4.69) is 21.9 Å². The Labute approximate surface area is 124 Å². The van der Waals surface area contributed by atoms with E-state index in [4.69, 9.17) is 5.73 Å². The van der Waals surface area contributed by atoms with Crippen LogP contribution in [0.25, 0.3) is 0 Å². The van der Waals surface area contributed by atoms with Crippen LogP contribution >= 0.6 is 0 Å². The molecule has 2 heterocycles. The van der Waals surface area contributed by atoms with Gasteiger partial charge in [-0.1, -0.05) is 0 Å². The summed E-state index contributed by atoms with van der Waals surface area (Å²) in [6.45, 7) is 4.45. The van der Waals surface area contributed by atoms with Crippen LogP contribution in [0.5, 0.6) is 0 Å². The summed E-state index contributed by atoms with van der Waals surface area (Å²) in [5, 5.41) is 11.2. The van der Waals surface area contributed by atoms with Crippen molar-refractivity contribution in [2.75, 3.05) is 44.4 Å². The van der Waals surface area contributed by atoms with Crippen molar-refractivity contribution < 1.29 is 4.92 Å². The van der Waals surface area contributed by atoms with Crippen LogP contribution in [0.15, 0.2) is 0 Å². The van der Waals surface area contributed by atoms with Crippen molar-refractivity contribution in [2.45, 2.75) is 19.8 Å². The fourth-order valence-electron chi connectivity index (χ4n) is 2.77. The first kappa shape index (κ1) is 15.4. The van der Waals surface area contributed by atoms with Gasteiger partial charge in [-0.2, -0.15) is 4.98 Å². The third kappa shape index (κ3) is 3.57. The highest BCUT2D eigenvalue weighted by atomic mass is 16.6. The quantitative estimate of drug-likeness (QED) is 0.654. The lowest BCUT2D eigenvalue weighted by atomic mass is 9.96. The maximum absolute atomic E-state index is 11.2. The zero-order valence-electron chi connectivity index (χ0n) is 12.7. The smallest absolute Gasteiger partial charge is 0.332 e. The molecule has 0 atom stereocenters. The average molecular weight is 294 g/mol. The van der Waals surface area contributed by atoms with Gasteiger partial charge < -0.3 is 15.5 Å². The number of hydrogen-bond acceptors (Lipinski definition) is 7. The molecule has 0 saturated carbocycles. The highest BCUT2D eigenvalue weighted by molar-refractivity contribution is 5.61. The number of rotatable bonds is 4. The molecule has 0 aliphatic carbocycles. The molecular weight excluding hydrogens is 272 g/mol. The zero-order valence-corrected chi connectivity index (χ0v) is 12.7. The molecule has 0 aromatic carbocycles.